The van der Waals surface area contributed by atoms with Crippen molar-refractivity contribution in [3.05, 3.63) is 54.8 Å². The van der Waals surface area contributed by atoms with Crippen LogP contribution < -0.4 is 4.90 Å². The molecule has 6 nitrogen and oxygen atoms in total. The van der Waals surface area contributed by atoms with Crippen molar-refractivity contribution >= 4 is 17.6 Å². The van der Waals surface area contributed by atoms with E-state index in [4.69, 9.17) is 9.47 Å². The number of aliphatic hydroxyl groups is 1. The highest BCUT2D eigenvalue weighted by Crippen LogP contribution is 2.14. The SMILES string of the molecule is C=CN(C)c1ccc(C(=O)OCC(O)COC(=O)C(=C)C)cc1. The van der Waals surface area contributed by atoms with Gasteiger partial charge in [0.2, 0.25) is 0 Å². The maximum Gasteiger partial charge on any atom is 0.338 e. The van der Waals surface area contributed by atoms with Crippen molar-refractivity contribution in [1.82, 2.24) is 0 Å². The lowest BCUT2D eigenvalue weighted by molar-refractivity contribution is -0.142. The lowest BCUT2D eigenvalue weighted by Gasteiger charge is -2.14. The van der Waals surface area contributed by atoms with E-state index in [9.17, 15) is 14.7 Å². The van der Waals surface area contributed by atoms with Crippen LogP contribution in [0.1, 0.15) is 17.3 Å². The average molecular weight is 319 g/mol. The van der Waals surface area contributed by atoms with E-state index < -0.39 is 18.0 Å². The summed E-state index contributed by atoms with van der Waals surface area (Å²) >= 11 is 0. The van der Waals surface area contributed by atoms with Gasteiger partial charge >= 0.3 is 11.9 Å². The van der Waals surface area contributed by atoms with Crippen molar-refractivity contribution in [2.24, 2.45) is 0 Å². The fourth-order valence-electron chi connectivity index (χ4n) is 1.54. The van der Waals surface area contributed by atoms with Gasteiger partial charge in [-0.3, -0.25) is 0 Å². The van der Waals surface area contributed by atoms with Crippen LogP contribution in [-0.4, -0.2) is 43.4 Å². The average Bonchev–Trinajstić information content (AvgIpc) is 2.56. The molecular weight excluding hydrogens is 298 g/mol. The summed E-state index contributed by atoms with van der Waals surface area (Å²) in [5.41, 5.74) is 1.47. The molecule has 0 aromatic heterocycles. The Morgan fingerprint density at radius 2 is 1.83 bits per heavy atom. The smallest absolute Gasteiger partial charge is 0.338 e. The highest BCUT2D eigenvalue weighted by Gasteiger charge is 2.13. The van der Waals surface area contributed by atoms with E-state index in [2.05, 4.69) is 13.2 Å². The molecule has 124 valence electrons. The molecule has 1 rings (SSSR count). The van der Waals surface area contributed by atoms with Crippen molar-refractivity contribution < 1.29 is 24.2 Å². The molecule has 0 amide bonds. The molecule has 0 heterocycles. The zero-order chi connectivity index (χ0) is 17.4. The second-order valence-corrected chi connectivity index (χ2v) is 4.97. The maximum absolute atomic E-state index is 11.9. The molecule has 6 heteroatoms. The van der Waals surface area contributed by atoms with Gasteiger partial charge in [0.25, 0.3) is 0 Å². The van der Waals surface area contributed by atoms with Crippen LogP contribution in [0.25, 0.3) is 0 Å². The Hall–Kier alpha value is -2.60. The number of rotatable bonds is 8. The first-order valence-electron chi connectivity index (χ1n) is 6.98. The van der Waals surface area contributed by atoms with Gasteiger partial charge in [0, 0.05) is 18.3 Å². The molecule has 1 atom stereocenters. The summed E-state index contributed by atoms with van der Waals surface area (Å²) in [6.07, 6.45) is 0.559. The standard InChI is InChI=1S/C17H21NO5/c1-5-18(4)14-8-6-13(7-9-14)17(21)23-11-15(19)10-22-16(20)12(2)3/h5-9,15,19H,1-2,10-11H2,3-4H3. The summed E-state index contributed by atoms with van der Waals surface area (Å²) in [7, 11) is 1.84. The molecule has 0 aliphatic carbocycles. The third-order valence-corrected chi connectivity index (χ3v) is 2.95. The Bertz CT molecular complexity index is 579. The lowest BCUT2D eigenvalue weighted by atomic mass is 10.2. The largest absolute Gasteiger partial charge is 0.459 e. The Balaban J connectivity index is 2.45. The molecule has 0 saturated carbocycles. The number of anilines is 1. The van der Waals surface area contributed by atoms with Gasteiger partial charge < -0.3 is 19.5 Å². The van der Waals surface area contributed by atoms with Crippen LogP contribution in [0.4, 0.5) is 5.69 Å². The van der Waals surface area contributed by atoms with Gasteiger partial charge in [-0.2, -0.15) is 0 Å². The highest BCUT2D eigenvalue weighted by atomic mass is 16.6. The van der Waals surface area contributed by atoms with Crippen LogP contribution in [0, 0.1) is 0 Å². The van der Waals surface area contributed by atoms with Crippen LogP contribution in [0.3, 0.4) is 0 Å². The quantitative estimate of drug-likeness (QED) is 0.582. The molecule has 0 spiro atoms. The first-order chi connectivity index (χ1) is 10.8. The van der Waals surface area contributed by atoms with Crippen LogP contribution in [0.2, 0.25) is 0 Å². The van der Waals surface area contributed by atoms with Crippen LogP contribution >= 0.6 is 0 Å². The Morgan fingerprint density at radius 3 is 2.35 bits per heavy atom. The minimum Gasteiger partial charge on any atom is -0.459 e. The molecule has 0 aliphatic rings. The van der Waals surface area contributed by atoms with E-state index in [1.54, 1.807) is 35.4 Å². The van der Waals surface area contributed by atoms with Gasteiger partial charge in [-0.25, -0.2) is 9.59 Å². The van der Waals surface area contributed by atoms with E-state index in [-0.39, 0.29) is 18.8 Å². The summed E-state index contributed by atoms with van der Waals surface area (Å²) < 4.78 is 9.74. The first-order valence-corrected chi connectivity index (χ1v) is 6.98. The van der Waals surface area contributed by atoms with Gasteiger partial charge in [-0.1, -0.05) is 13.2 Å². The van der Waals surface area contributed by atoms with E-state index in [0.29, 0.717) is 5.56 Å². The first kappa shape index (κ1) is 18.4. The minimum absolute atomic E-state index is 0.235. The molecule has 0 aliphatic heterocycles. The molecule has 0 saturated heterocycles. The van der Waals surface area contributed by atoms with E-state index in [1.165, 1.54) is 6.92 Å². The Labute approximate surface area is 135 Å². The summed E-state index contributed by atoms with van der Waals surface area (Å²) in [5, 5.41) is 9.62. The van der Waals surface area contributed by atoms with Crippen molar-refractivity contribution in [3.8, 4) is 0 Å². The molecule has 1 N–H and O–H groups in total. The monoisotopic (exact) mass is 319 g/mol. The number of benzene rings is 1. The van der Waals surface area contributed by atoms with Gasteiger partial charge in [-0.15, -0.1) is 0 Å². The fourth-order valence-corrected chi connectivity index (χ4v) is 1.54. The van der Waals surface area contributed by atoms with Crippen molar-refractivity contribution in [2.75, 3.05) is 25.2 Å². The van der Waals surface area contributed by atoms with Crippen LogP contribution in [0.5, 0.6) is 0 Å². The molecule has 23 heavy (non-hydrogen) atoms. The fraction of sp³-hybridized carbons (Fsp3) is 0.294. The van der Waals surface area contributed by atoms with E-state index in [1.807, 2.05) is 7.05 Å². The third-order valence-electron chi connectivity index (χ3n) is 2.95. The molecule has 0 radical (unpaired) electrons. The van der Waals surface area contributed by atoms with Crippen LogP contribution in [-0.2, 0) is 14.3 Å². The minimum atomic E-state index is -1.09. The third kappa shape index (κ3) is 5.96. The molecule has 1 aromatic carbocycles. The van der Waals surface area contributed by atoms with Crippen molar-refractivity contribution in [3.63, 3.8) is 0 Å². The van der Waals surface area contributed by atoms with E-state index in [0.717, 1.165) is 5.69 Å². The number of esters is 2. The van der Waals surface area contributed by atoms with Crippen molar-refractivity contribution in [1.29, 1.82) is 0 Å². The molecule has 1 aromatic rings. The number of hydrogen-bond donors (Lipinski definition) is 1. The normalized spacial score (nSPS) is 11.3. The number of hydrogen-bond acceptors (Lipinski definition) is 6. The van der Waals surface area contributed by atoms with E-state index >= 15 is 0 Å². The zero-order valence-corrected chi connectivity index (χ0v) is 13.3. The number of ether oxygens (including phenoxy) is 2. The summed E-state index contributed by atoms with van der Waals surface area (Å²) in [4.78, 5) is 24.8. The number of nitrogens with zero attached hydrogens (tertiary/aromatic N) is 1. The molecular formula is C17H21NO5. The van der Waals surface area contributed by atoms with Gasteiger partial charge in [0.05, 0.1) is 5.56 Å². The summed E-state index contributed by atoms with van der Waals surface area (Å²) in [5.74, 6) is -1.17. The molecule has 1 unspecified atom stereocenters. The van der Waals surface area contributed by atoms with Gasteiger partial charge in [0.15, 0.2) is 0 Å². The zero-order valence-electron chi connectivity index (χ0n) is 13.3. The number of aliphatic hydroxyl groups excluding tert-OH is 1. The summed E-state index contributed by atoms with van der Waals surface area (Å²) in [6.45, 7) is 8.04. The van der Waals surface area contributed by atoms with Crippen molar-refractivity contribution in [2.45, 2.75) is 13.0 Å². The lowest BCUT2D eigenvalue weighted by Crippen LogP contribution is -2.25. The van der Waals surface area contributed by atoms with Gasteiger partial charge in [0.1, 0.15) is 19.3 Å². The molecule has 0 fully saturated rings. The Morgan fingerprint density at radius 1 is 1.26 bits per heavy atom. The number of carbonyl (C=O) groups excluding carboxylic acids is 2. The second-order valence-electron chi connectivity index (χ2n) is 4.97. The topological polar surface area (TPSA) is 76.1 Å². The Kier molecular flexibility index (Phi) is 7.02. The highest BCUT2D eigenvalue weighted by molar-refractivity contribution is 5.90. The number of carbonyl (C=O) groups is 2. The molecule has 0 bridgehead atoms. The summed E-state index contributed by atoms with van der Waals surface area (Å²) in [6, 6.07) is 6.74. The second kappa shape index (κ2) is 8.75. The predicted octanol–water partition coefficient (Wildman–Crippen LogP) is 1.90. The van der Waals surface area contributed by atoms with Crippen LogP contribution in [0.15, 0.2) is 49.2 Å². The predicted molar refractivity (Wildman–Crippen MR) is 87.1 cm³/mol. The maximum atomic E-state index is 11.9. The van der Waals surface area contributed by atoms with Gasteiger partial charge in [-0.05, 0) is 37.4 Å².